The first-order valence-corrected chi connectivity index (χ1v) is 9.53. The van der Waals surface area contributed by atoms with Gasteiger partial charge in [0, 0.05) is 0 Å². The molecule has 1 aliphatic heterocycles. The second kappa shape index (κ2) is 5.15. The molecule has 0 saturated heterocycles. The Morgan fingerprint density at radius 3 is 2.41 bits per heavy atom. The number of sulfonamides is 1. The van der Waals surface area contributed by atoms with Crippen LogP contribution < -0.4 is 4.72 Å². The van der Waals surface area contributed by atoms with Crippen LogP contribution in [0.2, 0.25) is 0 Å². The maximum atomic E-state index is 13.7. The number of sulfone groups is 1. The van der Waals surface area contributed by atoms with Crippen molar-refractivity contribution in [3.63, 3.8) is 0 Å². The highest BCUT2D eigenvalue weighted by Crippen LogP contribution is 2.34. The van der Waals surface area contributed by atoms with Crippen molar-refractivity contribution in [2.45, 2.75) is 15.8 Å². The molecule has 0 bridgehead atoms. The average Bonchev–Trinajstić information content (AvgIpc) is 2.70. The van der Waals surface area contributed by atoms with E-state index in [2.05, 4.69) is 4.72 Å². The summed E-state index contributed by atoms with van der Waals surface area (Å²) in [5.74, 6) is -1.26. The van der Waals surface area contributed by atoms with Gasteiger partial charge in [0.2, 0.25) is 10.0 Å². The Labute approximate surface area is 127 Å². The fraction of sp³-hybridized carbons (Fsp3) is 0.143. The number of benzene rings is 2. The van der Waals surface area contributed by atoms with Crippen LogP contribution in [0.3, 0.4) is 0 Å². The Morgan fingerprint density at radius 1 is 1.05 bits per heavy atom. The minimum Gasteiger partial charge on any atom is -0.224 e. The molecule has 3 rings (SSSR count). The highest BCUT2D eigenvalue weighted by Gasteiger charge is 2.37. The zero-order chi connectivity index (χ0) is 16.0. The van der Waals surface area contributed by atoms with Crippen molar-refractivity contribution in [1.29, 1.82) is 0 Å². The maximum Gasteiger partial charge on any atom is 0.244 e. The molecule has 1 atom stereocenters. The summed E-state index contributed by atoms with van der Waals surface area (Å²) >= 11 is 0. The van der Waals surface area contributed by atoms with Gasteiger partial charge in [-0.3, -0.25) is 0 Å². The lowest BCUT2D eigenvalue weighted by molar-refractivity contribution is 0.547. The molecule has 0 radical (unpaired) electrons. The molecule has 2 aromatic carbocycles. The van der Waals surface area contributed by atoms with E-state index in [0.717, 1.165) is 12.1 Å². The number of nitrogens with one attached hydrogen (secondary N) is 1. The molecule has 1 N–H and O–H groups in total. The summed E-state index contributed by atoms with van der Waals surface area (Å²) in [6.45, 7) is 0. The predicted molar refractivity (Wildman–Crippen MR) is 78.0 cm³/mol. The molecular weight excluding hydrogens is 329 g/mol. The van der Waals surface area contributed by atoms with Crippen LogP contribution in [-0.2, 0) is 19.9 Å². The molecule has 0 aromatic heterocycles. The van der Waals surface area contributed by atoms with Crippen LogP contribution in [0.1, 0.15) is 11.6 Å². The van der Waals surface area contributed by atoms with Gasteiger partial charge in [-0.15, -0.1) is 0 Å². The van der Waals surface area contributed by atoms with E-state index in [0.29, 0.717) is 5.56 Å². The molecule has 1 heterocycles. The van der Waals surface area contributed by atoms with Crippen LogP contribution in [0, 0.1) is 5.82 Å². The molecule has 0 unspecified atom stereocenters. The normalized spacial score (nSPS) is 19.8. The summed E-state index contributed by atoms with van der Waals surface area (Å²) in [5, 5.41) is 0. The zero-order valence-corrected chi connectivity index (χ0v) is 12.9. The van der Waals surface area contributed by atoms with Crippen LogP contribution in [0.4, 0.5) is 4.39 Å². The van der Waals surface area contributed by atoms with Crippen molar-refractivity contribution in [2.24, 2.45) is 0 Å². The minimum absolute atomic E-state index is 0.108. The third-order valence-electron chi connectivity index (χ3n) is 3.44. The van der Waals surface area contributed by atoms with E-state index in [-0.39, 0.29) is 10.6 Å². The number of hydrogen-bond acceptors (Lipinski definition) is 4. The topological polar surface area (TPSA) is 80.3 Å². The third-order valence-corrected chi connectivity index (χ3v) is 6.76. The molecule has 22 heavy (non-hydrogen) atoms. The summed E-state index contributed by atoms with van der Waals surface area (Å²) < 4.78 is 64.6. The standard InChI is InChI=1S/C14H12FNO4S2/c15-11-6-2-4-8-14(11)22(19,20)16-12-9-21(17,18)13-7-3-1-5-10(12)13/h1-8,12,16H,9H2/t12-/m1/s1. The Bertz CT molecular complexity index is 939. The second-order valence-electron chi connectivity index (χ2n) is 4.92. The van der Waals surface area contributed by atoms with Crippen LogP contribution >= 0.6 is 0 Å². The SMILES string of the molecule is O=S1(=O)C[C@@H](NS(=O)(=O)c2ccccc2F)c2ccccc21. The summed E-state index contributed by atoms with van der Waals surface area (Å²) in [5.41, 5.74) is 0.377. The number of halogens is 1. The van der Waals surface area contributed by atoms with Gasteiger partial charge in [0.25, 0.3) is 0 Å². The number of rotatable bonds is 3. The Kier molecular flexibility index (Phi) is 3.54. The number of hydrogen-bond donors (Lipinski definition) is 1. The first kappa shape index (κ1) is 15.1. The molecule has 0 spiro atoms. The quantitative estimate of drug-likeness (QED) is 0.920. The van der Waals surface area contributed by atoms with E-state index in [4.69, 9.17) is 0 Å². The lowest BCUT2D eigenvalue weighted by Gasteiger charge is -2.13. The summed E-state index contributed by atoms with van der Waals surface area (Å²) in [6.07, 6.45) is 0. The van der Waals surface area contributed by atoms with Crippen molar-refractivity contribution >= 4 is 19.9 Å². The zero-order valence-electron chi connectivity index (χ0n) is 11.2. The van der Waals surface area contributed by atoms with Gasteiger partial charge in [0.15, 0.2) is 9.84 Å². The van der Waals surface area contributed by atoms with E-state index in [1.807, 2.05) is 0 Å². The van der Waals surface area contributed by atoms with Gasteiger partial charge in [0.05, 0.1) is 16.7 Å². The summed E-state index contributed by atoms with van der Waals surface area (Å²) in [7, 11) is -7.70. The van der Waals surface area contributed by atoms with Gasteiger partial charge in [-0.25, -0.2) is 25.9 Å². The van der Waals surface area contributed by atoms with Crippen molar-refractivity contribution in [3.8, 4) is 0 Å². The first-order chi connectivity index (χ1) is 10.3. The van der Waals surface area contributed by atoms with Crippen LogP contribution in [0.25, 0.3) is 0 Å². The van der Waals surface area contributed by atoms with Crippen LogP contribution in [-0.4, -0.2) is 22.6 Å². The predicted octanol–water partition coefficient (Wildman–Crippen LogP) is 1.63. The van der Waals surface area contributed by atoms with Gasteiger partial charge in [0.1, 0.15) is 10.7 Å². The van der Waals surface area contributed by atoms with Gasteiger partial charge in [-0.05, 0) is 23.8 Å². The second-order valence-corrected chi connectivity index (χ2v) is 8.61. The van der Waals surface area contributed by atoms with Crippen LogP contribution in [0.15, 0.2) is 58.3 Å². The maximum absolute atomic E-state index is 13.7. The molecular formula is C14H12FNO4S2. The van der Waals surface area contributed by atoms with E-state index < -0.39 is 36.6 Å². The molecule has 0 saturated carbocycles. The van der Waals surface area contributed by atoms with E-state index in [1.165, 1.54) is 18.2 Å². The van der Waals surface area contributed by atoms with Gasteiger partial charge >= 0.3 is 0 Å². The highest BCUT2D eigenvalue weighted by molar-refractivity contribution is 7.92. The Hall–Kier alpha value is -1.77. The van der Waals surface area contributed by atoms with E-state index >= 15 is 0 Å². The molecule has 5 nitrogen and oxygen atoms in total. The first-order valence-electron chi connectivity index (χ1n) is 6.40. The Morgan fingerprint density at radius 2 is 1.68 bits per heavy atom. The monoisotopic (exact) mass is 341 g/mol. The van der Waals surface area contributed by atoms with Crippen molar-refractivity contribution in [3.05, 3.63) is 59.9 Å². The molecule has 2 aromatic rings. The number of fused-ring (bicyclic) bond motifs is 1. The fourth-order valence-corrected chi connectivity index (χ4v) is 5.60. The van der Waals surface area contributed by atoms with Crippen molar-refractivity contribution < 1.29 is 21.2 Å². The smallest absolute Gasteiger partial charge is 0.224 e. The lowest BCUT2D eigenvalue weighted by atomic mass is 10.1. The van der Waals surface area contributed by atoms with E-state index in [1.54, 1.807) is 18.2 Å². The van der Waals surface area contributed by atoms with Crippen molar-refractivity contribution in [1.82, 2.24) is 4.72 Å². The molecule has 1 aliphatic rings. The Balaban J connectivity index is 2.00. The average molecular weight is 341 g/mol. The van der Waals surface area contributed by atoms with Gasteiger partial charge in [-0.1, -0.05) is 30.3 Å². The molecule has 0 aliphatic carbocycles. The van der Waals surface area contributed by atoms with E-state index in [9.17, 15) is 21.2 Å². The molecule has 116 valence electrons. The summed E-state index contributed by atoms with van der Waals surface area (Å²) in [4.78, 5) is -0.395. The van der Waals surface area contributed by atoms with Crippen LogP contribution in [0.5, 0.6) is 0 Å². The highest BCUT2D eigenvalue weighted by atomic mass is 32.2. The van der Waals surface area contributed by atoms with Gasteiger partial charge in [-0.2, -0.15) is 0 Å². The molecule has 0 fully saturated rings. The van der Waals surface area contributed by atoms with Crippen molar-refractivity contribution in [2.75, 3.05) is 5.75 Å². The lowest BCUT2D eigenvalue weighted by Crippen LogP contribution is -2.30. The molecule has 8 heteroatoms. The fourth-order valence-electron chi connectivity index (χ4n) is 2.46. The minimum atomic E-state index is -4.16. The largest absolute Gasteiger partial charge is 0.244 e. The third kappa shape index (κ3) is 2.53. The molecule has 0 amide bonds. The summed E-state index contributed by atoms with van der Waals surface area (Å²) in [6, 6.07) is 10.2. The van der Waals surface area contributed by atoms with Gasteiger partial charge < -0.3 is 0 Å².